The van der Waals surface area contributed by atoms with E-state index >= 15 is 0 Å². The van der Waals surface area contributed by atoms with Gasteiger partial charge in [-0.05, 0) is 42.5 Å². The second kappa shape index (κ2) is 10.2. The summed E-state index contributed by atoms with van der Waals surface area (Å²) in [7, 11) is 3.32. The number of amides is 1. The van der Waals surface area contributed by atoms with Crippen molar-refractivity contribution in [3.8, 4) is 16.7 Å². The van der Waals surface area contributed by atoms with Crippen molar-refractivity contribution in [2.75, 3.05) is 33.1 Å². The van der Waals surface area contributed by atoms with Crippen LogP contribution < -0.4 is 14.2 Å². The molecule has 1 amide bonds. The van der Waals surface area contributed by atoms with Gasteiger partial charge >= 0.3 is 0 Å². The molecule has 0 N–H and O–H groups in total. The standard InChI is InChI=1S/C23H26N2O4S2/c1-27-16-3-6-19(7-4-16)30-14-11-22(26)25-12-9-17(10-13-25)29-23-24-20-8-5-18(28-2)15-21(20)31-23/h3-8,15,17H,9-14H2,1-2H3. The fourth-order valence-electron chi connectivity index (χ4n) is 3.51. The van der Waals surface area contributed by atoms with E-state index in [-0.39, 0.29) is 12.0 Å². The maximum absolute atomic E-state index is 12.6. The molecule has 0 aliphatic carbocycles. The van der Waals surface area contributed by atoms with Crippen LogP contribution in [0.3, 0.4) is 0 Å². The van der Waals surface area contributed by atoms with Crippen LogP contribution in [0.2, 0.25) is 0 Å². The largest absolute Gasteiger partial charge is 0.497 e. The summed E-state index contributed by atoms with van der Waals surface area (Å²) >= 11 is 3.23. The second-order valence-corrected chi connectivity index (χ2v) is 9.45. The quantitative estimate of drug-likeness (QED) is 0.449. The molecule has 4 rings (SSSR count). The molecule has 0 atom stereocenters. The van der Waals surface area contributed by atoms with Gasteiger partial charge in [0.1, 0.15) is 17.6 Å². The normalized spacial score (nSPS) is 14.6. The topological polar surface area (TPSA) is 60.9 Å². The van der Waals surface area contributed by atoms with Crippen LogP contribution in [0, 0.1) is 0 Å². The number of likely N-dealkylation sites (tertiary alicyclic amines) is 1. The average molecular weight is 459 g/mol. The zero-order chi connectivity index (χ0) is 21.6. The van der Waals surface area contributed by atoms with Gasteiger partial charge in [-0.2, -0.15) is 0 Å². The highest BCUT2D eigenvalue weighted by atomic mass is 32.2. The summed E-state index contributed by atoms with van der Waals surface area (Å²) in [6.45, 7) is 1.46. The number of ether oxygens (including phenoxy) is 3. The highest BCUT2D eigenvalue weighted by Crippen LogP contribution is 2.32. The molecule has 0 spiro atoms. The molecule has 0 bridgehead atoms. The fourth-order valence-corrected chi connectivity index (χ4v) is 5.26. The van der Waals surface area contributed by atoms with E-state index < -0.39 is 0 Å². The number of hydrogen-bond acceptors (Lipinski definition) is 7. The van der Waals surface area contributed by atoms with Crippen LogP contribution >= 0.6 is 23.1 Å². The Labute approximate surface area is 190 Å². The Kier molecular flexibility index (Phi) is 7.19. The van der Waals surface area contributed by atoms with E-state index in [0.29, 0.717) is 11.6 Å². The summed E-state index contributed by atoms with van der Waals surface area (Å²) in [5.41, 5.74) is 0.919. The summed E-state index contributed by atoms with van der Waals surface area (Å²) in [6, 6.07) is 13.8. The molecule has 0 unspecified atom stereocenters. The van der Waals surface area contributed by atoms with Gasteiger partial charge in [-0.25, -0.2) is 4.98 Å². The van der Waals surface area contributed by atoms with E-state index in [9.17, 15) is 4.79 Å². The Hall–Kier alpha value is -2.45. The van der Waals surface area contributed by atoms with Gasteiger partial charge in [0.15, 0.2) is 0 Å². The van der Waals surface area contributed by atoms with Gasteiger partial charge in [-0.3, -0.25) is 4.79 Å². The molecule has 2 aromatic carbocycles. The van der Waals surface area contributed by atoms with Gasteiger partial charge in [0.05, 0.1) is 24.4 Å². The molecule has 3 aromatic rings. The van der Waals surface area contributed by atoms with Crippen molar-refractivity contribution in [3.05, 3.63) is 42.5 Å². The highest BCUT2D eigenvalue weighted by molar-refractivity contribution is 7.99. The Morgan fingerprint density at radius 1 is 1.10 bits per heavy atom. The molecule has 0 saturated carbocycles. The van der Waals surface area contributed by atoms with E-state index in [1.54, 1.807) is 26.0 Å². The zero-order valence-electron chi connectivity index (χ0n) is 17.7. The molecule has 1 fully saturated rings. The van der Waals surface area contributed by atoms with Gasteiger partial charge < -0.3 is 19.1 Å². The van der Waals surface area contributed by atoms with Crippen LogP contribution in [0.4, 0.5) is 0 Å². The van der Waals surface area contributed by atoms with E-state index in [2.05, 4.69) is 4.98 Å². The molecule has 1 aliphatic rings. The SMILES string of the molecule is COc1ccc(SCCC(=O)N2CCC(Oc3nc4ccc(OC)cc4s3)CC2)cc1. The molecule has 0 radical (unpaired) electrons. The number of fused-ring (bicyclic) bond motifs is 1. The molecule has 164 valence electrons. The molecule has 8 heteroatoms. The van der Waals surface area contributed by atoms with Gasteiger partial charge in [-0.15, -0.1) is 11.8 Å². The Bertz CT molecular complexity index is 1010. The number of hydrogen-bond donors (Lipinski definition) is 0. The van der Waals surface area contributed by atoms with Crippen LogP contribution in [0.25, 0.3) is 10.2 Å². The third kappa shape index (κ3) is 5.62. The van der Waals surface area contributed by atoms with Crippen LogP contribution in [-0.2, 0) is 4.79 Å². The first kappa shape index (κ1) is 21.8. The van der Waals surface area contributed by atoms with Crippen LogP contribution in [0.5, 0.6) is 16.7 Å². The van der Waals surface area contributed by atoms with Crippen LogP contribution in [-0.4, -0.2) is 55.0 Å². The van der Waals surface area contributed by atoms with Crippen molar-refractivity contribution < 1.29 is 19.0 Å². The highest BCUT2D eigenvalue weighted by Gasteiger charge is 2.24. The third-order valence-corrected chi connectivity index (χ3v) is 7.21. The number of nitrogens with zero attached hydrogens (tertiary/aromatic N) is 2. The molecule has 31 heavy (non-hydrogen) atoms. The molecule has 1 aliphatic heterocycles. The van der Waals surface area contributed by atoms with E-state index in [0.717, 1.165) is 58.3 Å². The molecule has 6 nitrogen and oxygen atoms in total. The first-order valence-electron chi connectivity index (χ1n) is 10.3. The second-order valence-electron chi connectivity index (χ2n) is 7.29. The number of carbonyl (C=O) groups is 1. The van der Waals surface area contributed by atoms with E-state index in [1.807, 2.05) is 47.4 Å². The maximum Gasteiger partial charge on any atom is 0.274 e. The first-order chi connectivity index (χ1) is 15.1. The number of aromatic nitrogens is 1. The van der Waals surface area contributed by atoms with Crippen LogP contribution in [0.15, 0.2) is 47.4 Å². The number of benzene rings is 2. The lowest BCUT2D eigenvalue weighted by atomic mass is 10.1. The number of thioether (sulfide) groups is 1. The number of methoxy groups -OCH3 is 2. The lowest BCUT2D eigenvalue weighted by Gasteiger charge is -2.31. The van der Waals surface area contributed by atoms with Crippen molar-refractivity contribution in [3.63, 3.8) is 0 Å². The number of carbonyl (C=O) groups excluding carboxylic acids is 1. The predicted molar refractivity (Wildman–Crippen MR) is 125 cm³/mol. The minimum atomic E-state index is 0.0974. The summed E-state index contributed by atoms with van der Waals surface area (Å²) in [5, 5.41) is 0.684. The molecular weight excluding hydrogens is 432 g/mol. The minimum absolute atomic E-state index is 0.0974. The Balaban J connectivity index is 1.21. The van der Waals surface area contributed by atoms with Gasteiger partial charge in [0.25, 0.3) is 5.19 Å². The Morgan fingerprint density at radius 3 is 2.52 bits per heavy atom. The monoisotopic (exact) mass is 458 g/mol. The maximum atomic E-state index is 12.6. The molecule has 2 heterocycles. The summed E-state index contributed by atoms with van der Waals surface area (Å²) in [4.78, 5) is 20.2. The van der Waals surface area contributed by atoms with E-state index in [1.165, 1.54) is 11.3 Å². The number of thiazole rings is 1. The zero-order valence-corrected chi connectivity index (χ0v) is 19.3. The van der Waals surface area contributed by atoms with Gasteiger partial charge in [0.2, 0.25) is 5.91 Å². The summed E-state index contributed by atoms with van der Waals surface area (Å²) in [5.74, 6) is 2.65. The van der Waals surface area contributed by atoms with Gasteiger partial charge in [-0.1, -0.05) is 11.3 Å². The predicted octanol–water partition coefficient (Wildman–Crippen LogP) is 4.87. The third-order valence-electron chi connectivity index (χ3n) is 5.28. The summed E-state index contributed by atoms with van der Waals surface area (Å²) in [6.07, 6.45) is 2.30. The molecule has 1 aromatic heterocycles. The Morgan fingerprint density at radius 2 is 1.81 bits per heavy atom. The van der Waals surface area contributed by atoms with Crippen LogP contribution in [0.1, 0.15) is 19.3 Å². The molecule has 1 saturated heterocycles. The summed E-state index contributed by atoms with van der Waals surface area (Å²) < 4.78 is 17.6. The smallest absolute Gasteiger partial charge is 0.274 e. The fraction of sp³-hybridized carbons (Fsp3) is 0.391. The van der Waals surface area contributed by atoms with Crippen molar-refractivity contribution in [2.24, 2.45) is 0 Å². The van der Waals surface area contributed by atoms with Crippen molar-refractivity contribution in [1.82, 2.24) is 9.88 Å². The lowest BCUT2D eigenvalue weighted by Crippen LogP contribution is -2.41. The average Bonchev–Trinajstić information content (AvgIpc) is 3.21. The number of piperidine rings is 1. The molecular formula is C23H26N2O4S2. The van der Waals surface area contributed by atoms with E-state index in [4.69, 9.17) is 14.2 Å². The van der Waals surface area contributed by atoms with Crippen molar-refractivity contribution >= 4 is 39.2 Å². The number of rotatable bonds is 8. The minimum Gasteiger partial charge on any atom is -0.497 e. The first-order valence-corrected chi connectivity index (χ1v) is 12.1. The van der Waals surface area contributed by atoms with Gasteiger partial charge in [0, 0.05) is 43.0 Å². The van der Waals surface area contributed by atoms with Crippen molar-refractivity contribution in [1.29, 1.82) is 0 Å². The lowest BCUT2D eigenvalue weighted by molar-refractivity contribution is -0.132. The van der Waals surface area contributed by atoms with Crippen molar-refractivity contribution in [2.45, 2.75) is 30.3 Å².